The van der Waals surface area contributed by atoms with Crippen molar-refractivity contribution >= 4 is 5.97 Å². The normalized spacial score (nSPS) is 15.3. The van der Waals surface area contributed by atoms with Gasteiger partial charge in [-0.15, -0.1) is 0 Å². The van der Waals surface area contributed by atoms with Crippen molar-refractivity contribution in [3.8, 4) is 0 Å². The molecule has 0 bridgehead atoms. The van der Waals surface area contributed by atoms with Crippen LogP contribution in [0.25, 0.3) is 0 Å². The monoisotopic (exact) mass is 282 g/mol. The molecule has 0 spiro atoms. The summed E-state index contributed by atoms with van der Waals surface area (Å²) in [4.78, 5) is 11.9. The molecule has 2 atom stereocenters. The second kappa shape index (κ2) is 10.0. The van der Waals surface area contributed by atoms with E-state index in [0.29, 0.717) is 5.92 Å². The van der Waals surface area contributed by atoms with Crippen molar-refractivity contribution in [3.05, 3.63) is 12.2 Å². The summed E-state index contributed by atoms with van der Waals surface area (Å²) in [6.45, 7) is 13.0. The molecule has 0 aliphatic rings. The van der Waals surface area contributed by atoms with Gasteiger partial charge in [-0.2, -0.15) is 0 Å². The summed E-state index contributed by atoms with van der Waals surface area (Å²) < 4.78 is 5.38. The van der Waals surface area contributed by atoms with Crippen molar-refractivity contribution in [3.63, 3.8) is 0 Å². The predicted molar refractivity (Wildman–Crippen MR) is 86.7 cm³/mol. The molecule has 0 aliphatic heterocycles. The van der Waals surface area contributed by atoms with Gasteiger partial charge in [-0.3, -0.25) is 0 Å². The Labute approximate surface area is 126 Å². The topological polar surface area (TPSA) is 26.3 Å². The molecule has 0 aromatic carbocycles. The van der Waals surface area contributed by atoms with Gasteiger partial charge in [-0.1, -0.05) is 53.5 Å². The quantitative estimate of drug-likeness (QED) is 0.390. The van der Waals surface area contributed by atoms with E-state index in [1.165, 1.54) is 6.42 Å². The Morgan fingerprint density at radius 1 is 1.15 bits per heavy atom. The van der Waals surface area contributed by atoms with Crippen LogP contribution in [-0.4, -0.2) is 12.1 Å². The Balaban J connectivity index is 4.64. The molecule has 2 unspecified atom stereocenters. The van der Waals surface area contributed by atoms with Gasteiger partial charge in [0.15, 0.2) is 0 Å². The standard InChI is InChI=1S/C18H34O2/c1-7-11-16(6)20-17(19)12-13-18(9-3,10-4)14-15(5)8-2/h12-13,15-16H,7-11,14H2,1-6H3. The van der Waals surface area contributed by atoms with E-state index in [1.54, 1.807) is 6.08 Å². The molecule has 0 amide bonds. The summed E-state index contributed by atoms with van der Waals surface area (Å²) in [6.07, 6.45) is 10.2. The average molecular weight is 282 g/mol. The second-order valence-corrected chi connectivity index (χ2v) is 6.16. The average Bonchev–Trinajstić information content (AvgIpc) is 2.43. The van der Waals surface area contributed by atoms with E-state index in [2.05, 4.69) is 40.7 Å². The molecule has 0 heterocycles. The fourth-order valence-corrected chi connectivity index (χ4v) is 2.63. The highest BCUT2D eigenvalue weighted by Gasteiger charge is 2.25. The van der Waals surface area contributed by atoms with Gasteiger partial charge in [0.1, 0.15) is 0 Å². The smallest absolute Gasteiger partial charge is 0.330 e. The third-order valence-corrected chi connectivity index (χ3v) is 4.45. The Morgan fingerprint density at radius 3 is 2.20 bits per heavy atom. The highest BCUT2D eigenvalue weighted by molar-refractivity contribution is 5.82. The van der Waals surface area contributed by atoms with Crippen molar-refractivity contribution in [2.45, 2.75) is 86.2 Å². The molecule has 0 aromatic rings. The van der Waals surface area contributed by atoms with Crippen molar-refractivity contribution in [2.24, 2.45) is 11.3 Å². The zero-order chi connectivity index (χ0) is 15.6. The van der Waals surface area contributed by atoms with Crippen molar-refractivity contribution in [1.29, 1.82) is 0 Å². The summed E-state index contributed by atoms with van der Waals surface area (Å²) >= 11 is 0. The third-order valence-electron chi connectivity index (χ3n) is 4.45. The molecule has 0 saturated carbocycles. The van der Waals surface area contributed by atoms with E-state index in [4.69, 9.17) is 4.74 Å². The maximum Gasteiger partial charge on any atom is 0.330 e. The second-order valence-electron chi connectivity index (χ2n) is 6.16. The summed E-state index contributed by atoms with van der Waals surface area (Å²) in [7, 11) is 0. The van der Waals surface area contributed by atoms with Crippen LogP contribution in [0.4, 0.5) is 0 Å². The minimum Gasteiger partial charge on any atom is -0.460 e. The van der Waals surface area contributed by atoms with Crippen LogP contribution >= 0.6 is 0 Å². The summed E-state index contributed by atoms with van der Waals surface area (Å²) in [5, 5.41) is 0. The molecule has 0 aliphatic carbocycles. The minimum atomic E-state index is -0.193. The number of carbonyl (C=O) groups excluding carboxylic acids is 1. The van der Waals surface area contributed by atoms with Crippen molar-refractivity contribution in [2.75, 3.05) is 0 Å². The summed E-state index contributed by atoms with van der Waals surface area (Å²) in [5.41, 5.74) is 0.141. The van der Waals surface area contributed by atoms with Crippen LogP contribution in [0, 0.1) is 11.3 Å². The zero-order valence-electron chi connectivity index (χ0n) is 14.4. The van der Waals surface area contributed by atoms with E-state index in [1.807, 2.05) is 6.92 Å². The number of carbonyl (C=O) groups is 1. The lowest BCUT2D eigenvalue weighted by Gasteiger charge is -2.31. The van der Waals surface area contributed by atoms with Gasteiger partial charge >= 0.3 is 5.97 Å². The predicted octanol–water partition coefficient (Wildman–Crippen LogP) is 5.52. The molecule has 0 fully saturated rings. The molecule has 20 heavy (non-hydrogen) atoms. The van der Waals surface area contributed by atoms with Gasteiger partial charge in [-0.05, 0) is 43.9 Å². The Hall–Kier alpha value is -0.790. The first kappa shape index (κ1) is 19.2. The molecule has 118 valence electrons. The van der Waals surface area contributed by atoms with E-state index in [0.717, 1.165) is 32.1 Å². The van der Waals surface area contributed by atoms with Crippen molar-refractivity contribution in [1.82, 2.24) is 0 Å². The third kappa shape index (κ3) is 7.12. The van der Waals surface area contributed by atoms with Crippen LogP contribution in [-0.2, 0) is 9.53 Å². The van der Waals surface area contributed by atoms with E-state index < -0.39 is 0 Å². The van der Waals surface area contributed by atoms with Gasteiger partial charge in [0.05, 0.1) is 6.10 Å². The molecule has 0 aromatic heterocycles. The van der Waals surface area contributed by atoms with Gasteiger partial charge in [-0.25, -0.2) is 4.79 Å². The maximum atomic E-state index is 11.9. The first-order chi connectivity index (χ1) is 9.42. The maximum absolute atomic E-state index is 11.9. The van der Waals surface area contributed by atoms with Crippen LogP contribution in [0.3, 0.4) is 0 Å². The van der Waals surface area contributed by atoms with Crippen LogP contribution in [0.1, 0.15) is 80.1 Å². The van der Waals surface area contributed by atoms with Crippen LogP contribution in [0.2, 0.25) is 0 Å². The van der Waals surface area contributed by atoms with Gasteiger partial charge in [0.2, 0.25) is 0 Å². The lowest BCUT2D eigenvalue weighted by molar-refractivity contribution is -0.142. The Morgan fingerprint density at radius 2 is 1.75 bits per heavy atom. The number of hydrogen-bond acceptors (Lipinski definition) is 2. The van der Waals surface area contributed by atoms with Crippen LogP contribution in [0.5, 0.6) is 0 Å². The number of ether oxygens (including phenoxy) is 1. The first-order valence-corrected chi connectivity index (χ1v) is 8.32. The Bertz CT molecular complexity index is 290. The molecule has 2 heteroatoms. The fourth-order valence-electron chi connectivity index (χ4n) is 2.63. The van der Waals surface area contributed by atoms with Crippen LogP contribution in [0.15, 0.2) is 12.2 Å². The Kier molecular flexibility index (Phi) is 9.62. The van der Waals surface area contributed by atoms with E-state index >= 15 is 0 Å². The van der Waals surface area contributed by atoms with Crippen molar-refractivity contribution < 1.29 is 9.53 Å². The number of rotatable bonds is 10. The molecule has 0 saturated heterocycles. The van der Waals surface area contributed by atoms with E-state index in [-0.39, 0.29) is 17.5 Å². The molecule has 0 N–H and O–H groups in total. The summed E-state index contributed by atoms with van der Waals surface area (Å²) in [5.74, 6) is 0.496. The zero-order valence-corrected chi connectivity index (χ0v) is 14.4. The lowest BCUT2D eigenvalue weighted by Crippen LogP contribution is -2.20. The SMILES string of the molecule is CCCC(C)OC(=O)C=CC(CC)(CC)CC(C)CC. The van der Waals surface area contributed by atoms with Gasteiger partial charge < -0.3 is 4.74 Å². The van der Waals surface area contributed by atoms with Gasteiger partial charge in [0.25, 0.3) is 0 Å². The minimum absolute atomic E-state index is 0.0179. The van der Waals surface area contributed by atoms with E-state index in [9.17, 15) is 4.79 Å². The molecule has 2 nitrogen and oxygen atoms in total. The highest BCUT2D eigenvalue weighted by atomic mass is 16.5. The fraction of sp³-hybridized carbons (Fsp3) is 0.833. The molecule has 0 rings (SSSR count). The highest BCUT2D eigenvalue weighted by Crippen LogP contribution is 2.36. The first-order valence-electron chi connectivity index (χ1n) is 8.32. The van der Waals surface area contributed by atoms with Gasteiger partial charge in [0, 0.05) is 6.08 Å². The number of hydrogen-bond donors (Lipinski definition) is 0. The van der Waals surface area contributed by atoms with Crippen LogP contribution < -0.4 is 0 Å². The lowest BCUT2D eigenvalue weighted by atomic mass is 9.74. The summed E-state index contributed by atoms with van der Waals surface area (Å²) in [6, 6.07) is 0. The largest absolute Gasteiger partial charge is 0.460 e. The number of esters is 1. The molecule has 0 radical (unpaired) electrons. The number of allylic oxidation sites excluding steroid dienone is 1. The molecular weight excluding hydrogens is 248 g/mol. The molecular formula is C18H34O2.